The summed E-state index contributed by atoms with van der Waals surface area (Å²) in [5.74, 6) is 0.657. The summed E-state index contributed by atoms with van der Waals surface area (Å²) in [7, 11) is 0. The van der Waals surface area contributed by atoms with E-state index in [0.29, 0.717) is 17.9 Å². The van der Waals surface area contributed by atoms with Crippen molar-refractivity contribution in [2.24, 2.45) is 0 Å². The van der Waals surface area contributed by atoms with Gasteiger partial charge in [-0.05, 0) is 0 Å². The second-order valence-electron chi connectivity index (χ2n) is 3.16. The third kappa shape index (κ3) is 2.69. The molecule has 0 aliphatic rings. The van der Waals surface area contributed by atoms with Crippen LogP contribution in [0.4, 0.5) is 8.78 Å². The fraction of sp³-hybridized carbons (Fsp3) is 0.444. The number of halogens is 2. The number of aromatic nitrogens is 4. The maximum absolute atomic E-state index is 11.8. The van der Waals surface area contributed by atoms with E-state index < -0.39 is 13.0 Å². The minimum Gasteiger partial charge on any atom is -0.375 e. The minimum absolute atomic E-state index is 0.206. The summed E-state index contributed by atoms with van der Waals surface area (Å²) in [5.41, 5.74) is 1.30. The van der Waals surface area contributed by atoms with Gasteiger partial charge in [-0.15, -0.1) is 0 Å². The minimum atomic E-state index is -2.43. The van der Waals surface area contributed by atoms with E-state index in [2.05, 4.69) is 19.9 Å². The van der Waals surface area contributed by atoms with Gasteiger partial charge in [0.05, 0.1) is 12.8 Å². The SMILES string of the molecule is FC(F)COCCc1nc2ncncc2[nH]1. The van der Waals surface area contributed by atoms with E-state index >= 15 is 0 Å². The van der Waals surface area contributed by atoms with Crippen LogP contribution in [0, 0.1) is 0 Å². The first-order valence-corrected chi connectivity index (χ1v) is 4.76. The number of alkyl halides is 2. The van der Waals surface area contributed by atoms with Crippen LogP contribution in [0.2, 0.25) is 0 Å². The van der Waals surface area contributed by atoms with E-state index in [1.54, 1.807) is 6.20 Å². The highest BCUT2D eigenvalue weighted by Crippen LogP contribution is 2.06. The van der Waals surface area contributed by atoms with Gasteiger partial charge < -0.3 is 9.72 Å². The molecule has 2 heterocycles. The van der Waals surface area contributed by atoms with Crippen molar-refractivity contribution in [2.75, 3.05) is 13.2 Å². The van der Waals surface area contributed by atoms with Crippen molar-refractivity contribution >= 4 is 11.2 Å². The van der Waals surface area contributed by atoms with Crippen LogP contribution >= 0.6 is 0 Å². The van der Waals surface area contributed by atoms with E-state index in [-0.39, 0.29) is 6.61 Å². The molecule has 0 fully saturated rings. The lowest BCUT2D eigenvalue weighted by molar-refractivity contribution is 0.0183. The van der Waals surface area contributed by atoms with Crippen LogP contribution in [0.25, 0.3) is 11.2 Å². The first-order chi connectivity index (χ1) is 7.75. The summed E-state index contributed by atoms with van der Waals surface area (Å²) in [6.45, 7) is -0.336. The lowest BCUT2D eigenvalue weighted by Gasteiger charge is -2.00. The topological polar surface area (TPSA) is 63.7 Å². The molecule has 7 heteroatoms. The van der Waals surface area contributed by atoms with Gasteiger partial charge in [-0.2, -0.15) is 0 Å². The van der Waals surface area contributed by atoms with Crippen molar-refractivity contribution in [3.63, 3.8) is 0 Å². The lowest BCUT2D eigenvalue weighted by Crippen LogP contribution is -2.07. The fourth-order valence-electron chi connectivity index (χ4n) is 1.27. The summed E-state index contributed by atoms with van der Waals surface area (Å²) < 4.78 is 28.3. The highest BCUT2D eigenvalue weighted by atomic mass is 19.3. The first kappa shape index (κ1) is 10.9. The molecule has 2 aromatic rings. The van der Waals surface area contributed by atoms with Gasteiger partial charge in [0.15, 0.2) is 5.65 Å². The molecule has 0 bridgehead atoms. The van der Waals surface area contributed by atoms with Gasteiger partial charge in [0.1, 0.15) is 24.3 Å². The Morgan fingerprint density at radius 2 is 2.31 bits per heavy atom. The third-order valence-electron chi connectivity index (χ3n) is 1.94. The Morgan fingerprint density at radius 1 is 1.44 bits per heavy atom. The quantitative estimate of drug-likeness (QED) is 0.780. The van der Waals surface area contributed by atoms with Crippen molar-refractivity contribution < 1.29 is 13.5 Å². The smallest absolute Gasteiger partial charge is 0.261 e. The average Bonchev–Trinajstić information content (AvgIpc) is 2.66. The molecule has 0 spiro atoms. The first-order valence-electron chi connectivity index (χ1n) is 4.76. The Hall–Kier alpha value is -1.63. The summed E-state index contributed by atoms with van der Waals surface area (Å²) >= 11 is 0. The molecule has 0 aliphatic heterocycles. The molecular weight excluding hydrogens is 218 g/mol. The van der Waals surface area contributed by atoms with Crippen LogP contribution in [0.15, 0.2) is 12.5 Å². The second kappa shape index (κ2) is 4.93. The highest BCUT2D eigenvalue weighted by Gasteiger charge is 2.05. The fourth-order valence-corrected chi connectivity index (χ4v) is 1.27. The number of nitrogens with one attached hydrogen (secondary N) is 1. The maximum atomic E-state index is 11.8. The number of imidazole rings is 1. The summed E-state index contributed by atoms with van der Waals surface area (Å²) in [6, 6.07) is 0. The lowest BCUT2D eigenvalue weighted by atomic mass is 10.4. The summed E-state index contributed by atoms with van der Waals surface area (Å²) in [6.07, 6.45) is 1.03. The summed E-state index contributed by atoms with van der Waals surface area (Å²) in [5, 5.41) is 0. The Labute approximate surface area is 89.9 Å². The van der Waals surface area contributed by atoms with Crippen LogP contribution < -0.4 is 0 Å². The van der Waals surface area contributed by atoms with Crippen LogP contribution in [0.1, 0.15) is 5.82 Å². The molecule has 5 nitrogen and oxygen atoms in total. The van der Waals surface area contributed by atoms with E-state index in [4.69, 9.17) is 4.74 Å². The molecule has 0 unspecified atom stereocenters. The van der Waals surface area contributed by atoms with Crippen molar-refractivity contribution in [2.45, 2.75) is 12.8 Å². The predicted molar refractivity (Wildman–Crippen MR) is 52.2 cm³/mol. The third-order valence-corrected chi connectivity index (χ3v) is 1.94. The maximum Gasteiger partial charge on any atom is 0.261 e. The number of ether oxygens (including phenoxy) is 1. The van der Waals surface area contributed by atoms with Gasteiger partial charge in [0.25, 0.3) is 6.43 Å². The summed E-state index contributed by atoms with van der Waals surface area (Å²) in [4.78, 5) is 14.9. The molecule has 2 aromatic heterocycles. The normalized spacial score (nSPS) is 11.4. The van der Waals surface area contributed by atoms with Crippen LogP contribution in [0.3, 0.4) is 0 Å². The Morgan fingerprint density at radius 3 is 3.06 bits per heavy atom. The zero-order chi connectivity index (χ0) is 11.4. The van der Waals surface area contributed by atoms with Crippen molar-refractivity contribution in [1.82, 2.24) is 19.9 Å². The van der Waals surface area contributed by atoms with E-state index in [1.165, 1.54) is 6.33 Å². The zero-order valence-corrected chi connectivity index (χ0v) is 8.36. The van der Waals surface area contributed by atoms with Crippen molar-refractivity contribution in [1.29, 1.82) is 0 Å². The van der Waals surface area contributed by atoms with Gasteiger partial charge in [-0.1, -0.05) is 0 Å². The van der Waals surface area contributed by atoms with E-state index in [9.17, 15) is 8.78 Å². The number of hydrogen-bond acceptors (Lipinski definition) is 4. The molecule has 16 heavy (non-hydrogen) atoms. The van der Waals surface area contributed by atoms with Crippen LogP contribution in [0.5, 0.6) is 0 Å². The van der Waals surface area contributed by atoms with Crippen molar-refractivity contribution in [3.8, 4) is 0 Å². The Bertz CT molecular complexity index is 426. The molecule has 0 atom stereocenters. The number of hydrogen-bond donors (Lipinski definition) is 1. The highest BCUT2D eigenvalue weighted by molar-refractivity contribution is 5.68. The predicted octanol–water partition coefficient (Wildman–Crippen LogP) is 1.18. The van der Waals surface area contributed by atoms with Gasteiger partial charge >= 0.3 is 0 Å². The molecule has 0 saturated carbocycles. The molecule has 86 valence electrons. The Balaban J connectivity index is 1.89. The molecule has 2 rings (SSSR count). The van der Waals surface area contributed by atoms with Gasteiger partial charge in [-0.3, -0.25) is 0 Å². The Kier molecular flexibility index (Phi) is 3.35. The van der Waals surface area contributed by atoms with E-state index in [0.717, 1.165) is 5.52 Å². The molecule has 0 saturated heterocycles. The second-order valence-corrected chi connectivity index (χ2v) is 3.16. The molecule has 0 radical (unpaired) electrons. The van der Waals surface area contributed by atoms with Gasteiger partial charge in [0, 0.05) is 6.42 Å². The van der Waals surface area contributed by atoms with E-state index in [1.807, 2.05) is 0 Å². The molecule has 0 amide bonds. The molecule has 0 aliphatic carbocycles. The number of aromatic amines is 1. The number of H-pyrrole nitrogens is 1. The molecule has 0 aromatic carbocycles. The monoisotopic (exact) mass is 228 g/mol. The number of nitrogens with zero attached hydrogens (tertiary/aromatic N) is 3. The van der Waals surface area contributed by atoms with Gasteiger partial charge in [0.2, 0.25) is 0 Å². The molecular formula is C9H10F2N4O. The van der Waals surface area contributed by atoms with Crippen LogP contribution in [-0.2, 0) is 11.2 Å². The van der Waals surface area contributed by atoms with Gasteiger partial charge in [-0.25, -0.2) is 23.7 Å². The number of fused-ring (bicyclic) bond motifs is 1. The number of rotatable bonds is 5. The largest absolute Gasteiger partial charge is 0.375 e. The van der Waals surface area contributed by atoms with Crippen molar-refractivity contribution in [3.05, 3.63) is 18.3 Å². The van der Waals surface area contributed by atoms with Crippen LogP contribution in [-0.4, -0.2) is 39.6 Å². The zero-order valence-electron chi connectivity index (χ0n) is 8.36. The average molecular weight is 228 g/mol. The standard InChI is InChI=1S/C9H10F2N4O/c10-7(11)4-16-2-1-8-14-6-3-12-5-13-9(6)15-8/h3,5,7H,1-2,4H2,(H,12,13,14,15). The molecule has 1 N–H and O–H groups in total.